The fourth-order valence-electron chi connectivity index (χ4n) is 5.62. The van der Waals surface area contributed by atoms with Crippen molar-refractivity contribution in [1.82, 2.24) is 19.5 Å². The Morgan fingerprint density at radius 2 is 1.51 bits per heavy atom. The van der Waals surface area contributed by atoms with Gasteiger partial charge < -0.3 is 4.42 Å². The highest BCUT2D eigenvalue weighted by Crippen LogP contribution is 2.39. The van der Waals surface area contributed by atoms with Gasteiger partial charge in [0.15, 0.2) is 5.58 Å². The van der Waals surface area contributed by atoms with E-state index in [0.717, 1.165) is 44.7 Å². The number of hydrogen-bond donors (Lipinski definition) is 0. The maximum atomic E-state index is 6.49. The number of benzene rings is 3. The van der Waals surface area contributed by atoms with E-state index in [9.17, 15) is 0 Å². The number of para-hydroxylation sites is 1. The summed E-state index contributed by atoms with van der Waals surface area (Å²) in [5, 5.41) is 0.910. The van der Waals surface area contributed by atoms with E-state index in [1.807, 2.05) is 18.3 Å². The van der Waals surface area contributed by atoms with E-state index in [1.54, 1.807) is 0 Å². The molecule has 0 aliphatic heterocycles. The quantitative estimate of drug-likeness (QED) is 0.225. The van der Waals surface area contributed by atoms with Crippen molar-refractivity contribution >= 4 is 33.2 Å². The monoisotopic (exact) mass is 536 g/mol. The average Bonchev–Trinajstić information content (AvgIpc) is 3.55. The molecule has 0 fully saturated rings. The third-order valence-electron chi connectivity index (χ3n) is 7.79. The number of aromatic nitrogens is 4. The zero-order chi connectivity index (χ0) is 28.3. The molecule has 0 spiro atoms. The highest BCUT2D eigenvalue weighted by atomic mass is 16.3. The highest BCUT2D eigenvalue weighted by molar-refractivity contribution is 6.06. The van der Waals surface area contributed by atoms with Gasteiger partial charge >= 0.3 is 0 Å². The van der Waals surface area contributed by atoms with Gasteiger partial charge in [-0.1, -0.05) is 89.2 Å². The Hall–Kier alpha value is -4.77. The van der Waals surface area contributed by atoms with Gasteiger partial charge in [-0.3, -0.25) is 9.55 Å². The molecule has 4 aromatic heterocycles. The minimum Gasteiger partial charge on any atom is -0.435 e. The van der Waals surface area contributed by atoms with Crippen LogP contribution in [0.4, 0.5) is 0 Å². The van der Waals surface area contributed by atoms with Crippen LogP contribution in [-0.2, 0) is 5.41 Å². The Balaban J connectivity index is 1.49. The first kappa shape index (κ1) is 25.2. The molecule has 0 aliphatic carbocycles. The van der Waals surface area contributed by atoms with Crippen molar-refractivity contribution in [2.24, 2.45) is 0 Å². The summed E-state index contributed by atoms with van der Waals surface area (Å²) in [6, 6.07) is 31.7. The van der Waals surface area contributed by atoms with Crippen LogP contribution in [0, 0.1) is 0 Å². The predicted octanol–water partition coefficient (Wildman–Crippen LogP) is 9.47. The predicted molar refractivity (Wildman–Crippen MR) is 168 cm³/mol. The zero-order valence-corrected chi connectivity index (χ0v) is 24.0. The lowest BCUT2D eigenvalue weighted by atomic mass is 9.91. The molecule has 7 rings (SSSR count). The van der Waals surface area contributed by atoms with Crippen LogP contribution in [0.3, 0.4) is 0 Å². The molecule has 0 atom stereocenters. The molecule has 0 N–H and O–H groups in total. The molecular weight excluding hydrogens is 504 g/mol. The second-order valence-corrected chi connectivity index (χ2v) is 12.0. The standard InChI is InChI=1S/C36H32N4O/c1-22(2)26-12-9-13-29-32(26)40(25-16-14-24(15-17-25)23-10-7-6-8-11-23)34(38-29)28-20-21-37-31-27-18-19-30(36(3,4)5)39-35(27)41-33(28)31/h6-22H,1-5H3. The number of hydrogen-bond acceptors (Lipinski definition) is 4. The van der Waals surface area contributed by atoms with Crippen LogP contribution < -0.4 is 0 Å². The summed E-state index contributed by atoms with van der Waals surface area (Å²) < 4.78 is 8.76. The lowest BCUT2D eigenvalue weighted by Gasteiger charge is -2.16. The zero-order valence-electron chi connectivity index (χ0n) is 24.0. The van der Waals surface area contributed by atoms with Crippen LogP contribution >= 0.6 is 0 Å². The summed E-state index contributed by atoms with van der Waals surface area (Å²) in [6.45, 7) is 10.9. The normalized spacial score (nSPS) is 12.2. The Bertz CT molecular complexity index is 2040. The van der Waals surface area contributed by atoms with Gasteiger partial charge in [-0.15, -0.1) is 0 Å². The van der Waals surface area contributed by atoms with Gasteiger partial charge in [-0.25, -0.2) is 9.97 Å². The second-order valence-electron chi connectivity index (χ2n) is 12.0. The molecule has 0 amide bonds. The van der Waals surface area contributed by atoms with Crippen LogP contribution in [0.2, 0.25) is 0 Å². The molecule has 0 radical (unpaired) electrons. The number of nitrogens with zero attached hydrogens (tertiary/aromatic N) is 4. The van der Waals surface area contributed by atoms with Gasteiger partial charge in [0.1, 0.15) is 11.3 Å². The molecule has 5 heteroatoms. The minimum atomic E-state index is -0.0867. The topological polar surface area (TPSA) is 56.7 Å². The first-order chi connectivity index (χ1) is 19.8. The molecule has 41 heavy (non-hydrogen) atoms. The van der Waals surface area contributed by atoms with Gasteiger partial charge in [0.25, 0.3) is 0 Å². The Kier molecular flexibility index (Phi) is 5.79. The maximum Gasteiger partial charge on any atom is 0.229 e. The fourth-order valence-corrected chi connectivity index (χ4v) is 5.62. The Labute approximate surface area is 239 Å². The summed E-state index contributed by atoms with van der Waals surface area (Å²) in [6.07, 6.45) is 1.84. The maximum absolute atomic E-state index is 6.49. The van der Waals surface area contributed by atoms with Crippen LogP contribution in [-0.4, -0.2) is 19.5 Å². The van der Waals surface area contributed by atoms with E-state index in [-0.39, 0.29) is 5.41 Å². The molecule has 5 nitrogen and oxygen atoms in total. The number of pyridine rings is 2. The average molecular weight is 537 g/mol. The third-order valence-corrected chi connectivity index (χ3v) is 7.79. The van der Waals surface area contributed by atoms with Crippen molar-refractivity contribution in [3.05, 3.63) is 108 Å². The number of imidazole rings is 1. The number of furan rings is 1. The van der Waals surface area contributed by atoms with Gasteiger partial charge in [0.2, 0.25) is 5.71 Å². The van der Waals surface area contributed by atoms with Gasteiger partial charge in [0, 0.05) is 23.0 Å². The van der Waals surface area contributed by atoms with E-state index in [0.29, 0.717) is 17.2 Å². The van der Waals surface area contributed by atoms with E-state index >= 15 is 0 Å². The highest BCUT2D eigenvalue weighted by Gasteiger charge is 2.24. The van der Waals surface area contributed by atoms with Gasteiger partial charge in [-0.2, -0.15) is 0 Å². The molecule has 3 aromatic carbocycles. The molecule has 4 heterocycles. The first-order valence-electron chi connectivity index (χ1n) is 14.2. The second kappa shape index (κ2) is 9.41. The van der Waals surface area contributed by atoms with Gasteiger partial charge in [-0.05, 0) is 59.0 Å². The van der Waals surface area contributed by atoms with Crippen molar-refractivity contribution in [2.75, 3.05) is 0 Å². The van der Waals surface area contributed by atoms with Crippen molar-refractivity contribution in [2.45, 2.75) is 46.0 Å². The Morgan fingerprint density at radius 1 is 0.756 bits per heavy atom. The van der Waals surface area contributed by atoms with Gasteiger partial charge in [0.05, 0.1) is 22.0 Å². The van der Waals surface area contributed by atoms with E-state index in [1.165, 1.54) is 16.7 Å². The van der Waals surface area contributed by atoms with Crippen molar-refractivity contribution in [1.29, 1.82) is 0 Å². The van der Waals surface area contributed by atoms with Crippen LogP contribution in [0.15, 0.2) is 102 Å². The number of rotatable bonds is 4. The largest absolute Gasteiger partial charge is 0.435 e. The summed E-state index contributed by atoms with van der Waals surface area (Å²) >= 11 is 0. The van der Waals surface area contributed by atoms with Crippen LogP contribution in [0.25, 0.3) is 61.4 Å². The smallest absolute Gasteiger partial charge is 0.229 e. The lowest BCUT2D eigenvalue weighted by molar-refractivity contribution is 0.562. The van der Waals surface area contributed by atoms with E-state index in [2.05, 4.69) is 118 Å². The lowest BCUT2D eigenvalue weighted by Crippen LogP contribution is -2.12. The van der Waals surface area contributed by atoms with Crippen molar-refractivity contribution < 1.29 is 4.42 Å². The summed E-state index contributed by atoms with van der Waals surface area (Å²) in [7, 11) is 0. The molecule has 0 bridgehead atoms. The summed E-state index contributed by atoms with van der Waals surface area (Å²) in [5.41, 5.74) is 10.6. The fraction of sp³-hybridized carbons (Fsp3) is 0.194. The molecule has 0 saturated carbocycles. The summed E-state index contributed by atoms with van der Waals surface area (Å²) in [4.78, 5) is 14.8. The summed E-state index contributed by atoms with van der Waals surface area (Å²) in [5.74, 6) is 1.15. The van der Waals surface area contributed by atoms with Crippen molar-refractivity contribution in [3.63, 3.8) is 0 Å². The van der Waals surface area contributed by atoms with Crippen LogP contribution in [0.1, 0.15) is 51.8 Å². The molecule has 0 unspecified atom stereocenters. The molecule has 0 aliphatic rings. The van der Waals surface area contributed by atoms with Crippen LogP contribution in [0.5, 0.6) is 0 Å². The first-order valence-corrected chi connectivity index (χ1v) is 14.2. The van der Waals surface area contributed by atoms with E-state index in [4.69, 9.17) is 19.4 Å². The molecular formula is C36H32N4O. The third kappa shape index (κ3) is 4.20. The van der Waals surface area contributed by atoms with Crippen molar-refractivity contribution in [3.8, 4) is 28.2 Å². The molecule has 7 aromatic rings. The molecule has 0 saturated heterocycles. The number of fused-ring (bicyclic) bond motifs is 4. The Morgan fingerprint density at radius 3 is 2.24 bits per heavy atom. The molecule has 202 valence electrons. The van der Waals surface area contributed by atoms with E-state index < -0.39 is 0 Å². The minimum absolute atomic E-state index is 0.0867. The SMILES string of the molecule is CC(C)c1cccc2nc(-c3ccnc4c3oc3nc(C(C)(C)C)ccc34)n(-c3ccc(-c4ccccc4)cc3)c12.